The van der Waals surface area contributed by atoms with Crippen molar-refractivity contribution in [2.75, 3.05) is 5.32 Å². The highest BCUT2D eigenvalue weighted by Gasteiger charge is 2.40. The fourth-order valence-corrected chi connectivity index (χ4v) is 4.14. The first-order valence-corrected chi connectivity index (χ1v) is 11.1. The molecule has 3 aromatic rings. The van der Waals surface area contributed by atoms with Crippen molar-refractivity contribution in [1.29, 1.82) is 0 Å². The molecule has 0 unspecified atom stereocenters. The van der Waals surface area contributed by atoms with E-state index in [1.165, 1.54) is 10.5 Å². The summed E-state index contributed by atoms with van der Waals surface area (Å²) in [6.07, 6.45) is 0. The number of benzene rings is 3. The Bertz CT molecular complexity index is 1200. The van der Waals surface area contributed by atoms with E-state index in [2.05, 4.69) is 19.2 Å². The van der Waals surface area contributed by atoms with E-state index in [9.17, 15) is 9.59 Å². The van der Waals surface area contributed by atoms with Gasteiger partial charge in [-0.05, 0) is 41.3 Å². The second-order valence-electron chi connectivity index (χ2n) is 7.96. The van der Waals surface area contributed by atoms with Crippen LogP contribution in [0.15, 0.2) is 78.5 Å². The van der Waals surface area contributed by atoms with Gasteiger partial charge in [-0.2, -0.15) is 0 Å². The number of imide groups is 1. The van der Waals surface area contributed by atoms with Crippen molar-refractivity contribution in [1.82, 2.24) is 4.90 Å². The van der Waals surface area contributed by atoms with Crippen molar-refractivity contribution >= 4 is 46.3 Å². The highest BCUT2D eigenvalue weighted by Crippen LogP contribution is 2.36. The predicted molar refractivity (Wildman–Crippen MR) is 130 cm³/mol. The van der Waals surface area contributed by atoms with Crippen molar-refractivity contribution in [2.24, 2.45) is 0 Å². The molecule has 32 heavy (non-hydrogen) atoms. The molecule has 0 radical (unpaired) electrons. The zero-order valence-electron chi connectivity index (χ0n) is 17.7. The summed E-state index contributed by atoms with van der Waals surface area (Å²) in [6.45, 7) is 4.41. The molecule has 0 bridgehead atoms. The molecule has 1 aliphatic rings. The van der Waals surface area contributed by atoms with Gasteiger partial charge in [0.2, 0.25) is 0 Å². The topological polar surface area (TPSA) is 49.4 Å². The Labute approximate surface area is 197 Å². The van der Waals surface area contributed by atoms with Crippen LogP contribution in [0.2, 0.25) is 10.0 Å². The largest absolute Gasteiger partial charge is 0.350 e. The van der Waals surface area contributed by atoms with Gasteiger partial charge in [0.15, 0.2) is 0 Å². The number of halogens is 2. The third-order valence-corrected chi connectivity index (χ3v) is 5.95. The van der Waals surface area contributed by atoms with Crippen LogP contribution in [0.3, 0.4) is 0 Å². The molecule has 1 aliphatic heterocycles. The number of rotatable bonds is 6. The Morgan fingerprint density at radius 1 is 0.875 bits per heavy atom. The summed E-state index contributed by atoms with van der Waals surface area (Å²) in [5.41, 5.74) is 3.66. The minimum absolute atomic E-state index is 0.171. The molecule has 0 spiro atoms. The molecule has 3 aromatic carbocycles. The summed E-state index contributed by atoms with van der Waals surface area (Å²) in [7, 11) is 0. The molecule has 4 rings (SSSR count). The minimum atomic E-state index is -0.399. The van der Waals surface area contributed by atoms with Gasteiger partial charge in [-0.1, -0.05) is 85.6 Å². The smallest absolute Gasteiger partial charge is 0.278 e. The van der Waals surface area contributed by atoms with Crippen LogP contribution < -0.4 is 5.32 Å². The van der Waals surface area contributed by atoms with E-state index in [1.807, 2.05) is 54.6 Å². The number of amides is 2. The Kier molecular flexibility index (Phi) is 6.35. The molecule has 0 saturated carbocycles. The van der Waals surface area contributed by atoms with Crippen LogP contribution in [-0.4, -0.2) is 16.7 Å². The number of carbonyl (C=O) groups excluding carboxylic acids is 2. The zero-order valence-corrected chi connectivity index (χ0v) is 19.2. The maximum Gasteiger partial charge on any atom is 0.278 e. The summed E-state index contributed by atoms with van der Waals surface area (Å²) in [4.78, 5) is 28.0. The standard InChI is InChI=1S/C26H22Cl2N2O2/c1-16(2)18-8-11-20(12-9-18)29-24-23(21-13-10-19(27)14-22(21)28)25(31)30(26(24)32)15-17-6-4-3-5-7-17/h3-14,16,29H,15H2,1-2H3. The number of hydrogen-bond donors (Lipinski definition) is 1. The molecule has 2 amide bonds. The number of carbonyl (C=O) groups is 2. The number of anilines is 1. The molecule has 0 fully saturated rings. The van der Waals surface area contributed by atoms with E-state index in [1.54, 1.807) is 18.2 Å². The lowest BCUT2D eigenvalue weighted by Gasteiger charge is -2.15. The van der Waals surface area contributed by atoms with Gasteiger partial charge in [-0.15, -0.1) is 0 Å². The summed E-state index contributed by atoms with van der Waals surface area (Å²) >= 11 is 12.5. The Balaban J connectivity index is 1.75. The van der Waals surface area contributed by atoms with E-state index >= 15 is 0 Å². The van der Waals surface area contributed by atoms with Crippen molar-refractivity contribution in [3.8, 4) is 0 Å². The quantitative estimate of drug-likeness (QED) is 0.423. The summed E-state index contributed by atoms with van der Waals surface area (Å²) < 4.78 is 0. The highest BCUT2D eigenvalue weighted by atomic mass is 35.5. The van der Waals surface area contributed by atoms with Crippen molar-refractivity contribution in [3.63, 3.8) is 0 Å². The molecular weight excluding hydrogens is 443 g/mol. The van der Waals surface area contributed by atoms with Crippen molar-refractivity contribution < 1.29 is 9.59 Å². The van der Waals surface area contributed by atoms with E-state index in [-0.39, 0.29) is 17.8 Å². The fraction of sp³-hybridized carbons (Fsp3) is 0.154. The summed E-state index contributed by atoms with van der Waals surface area (Å²) in [5, 5.41) is 3.93. The molecular formula is C26H22Cl2N2O2. The second-order valence-corrected chi connectivity index (χ2v) is 8.80. The first kappa shape index (κ1) is 22.1. The third kappa shape index (κ3) is 4.43. The summed E-state index contributed by atoms with van der Waals surface area (Å²) in [6, 6.07) is 22.1. The first-order valence-electron chi connectivity index (χ1n) is 10.3. The van der Waals surface area contributed by atoms with Gasteiger partial charge < -0.3 is 5.32 Å². The lowest BCUT2D eigenvalue weighted by molar-refractivity contribution is -0.137. The fourth-order valence-electron chi connectivity index (χ4n) is 3.64. The van der Waals surface area contributed by atoms with Gasteiger partial charge in [0.25, 0.3) is 11.8 Å². The zero-order chi connectivity index (χ0) is 22.8. The monoisotopic (exact) mass is 464 g/mol. The van der Waals surface area contributed by atoms with Gasteiger partial charge in [0, 0.05) is 16.3 Å². The Hall–Kier alpha value is -3.08. The highest BCUT2D eigenvalue weighted by molar-refractivity contribution is 6.41. The molecule has 1 N–H and O–H groups in total. The molecule has 0 aliphatic carbocycles. The molecule has 4 nitrogen and oxygen atoms in total. The average Bonchev–Trinajstić information content (AvgIpc) is 2.99. The van der Waals surface area contributed by atoms with Crippen LogP contribution in [0, 0.1) is 0 Å². The van der Waals surface area contributed by atoms with Crippen LogP contribution in [0.25, 0.3) is 5.57 Å². The van der Waals surface area contributed by atoms with E-state index in [0.29, 0.717) is 21.5 Å². The van der Waals surface area contributed by atoms with Crippen molar-refractivity contribution in [3.05, 3.63) is 105 Å². The normalized spacial score (nSPS) is 14.0. The SMILES string of the molecule is CC(C)c1ccc(NC2=C(c3ccc(Cl)cc3Cl)C(=O)N(Cc3ccccc3)C2=O)cc1. The third-order valence-electron chi connectivity index (χ3n) is 5.40. The van der Waals surface area contributed by atoms with E-state index in [4.69, 9.17) is 23.2 Å². The van der Waals surface area contributed by atoms with Crippen LogP contribution in [0.5, 0.6) is 0 Å². The Morgan fingerprint density at radius 3 is 2.19 bits per heavy atom. The van der Waals surface area contributed by atoms with Gasteiger partial charge >= 0.3 is 0 Å². The maximum absolute atomic E-state index is 13.4. The molecule has 6 heteroatoms. The number of hydrogen-bond acceptors (Lipinski definition) is 3. The molecule has 0 saturated heterocycles. The number of nitrogens with one attached hydrogen (secondary N) is 1. The molecule has 1 heterocycles. The van der Waals surface area contributed by atoms with Crippen LogP contribution in [-0.2, 0) is 16.1 Å². The van der Waals surface area contributed by atoms with Gasteiger partial charge in [0.1, 0.15) is 5.70 Å². The molecule has 162 valence electrons. The van der Waals surface area contributed by atoms with Crippen LogP contribution >= 0.6 is 23.2 Å². The predicted octanol–water partition coefficient (Wildman–Crippen LogP) is 6.51. The lowest BCUT2D eigenvalue weighted by Crippen LogP contribution is -2.32. The summed E-state index contributed by atoms with van der Waals surface area (Å²) in [5.74, 6) is -0.403. The van der Waals surface area contributed by atoms with E-state index < -0.39 is 11.8 Å². The second kappa shape index (κ2) is 9.19. The molecule has 0 atom stereocenters. The maximum atomic E-state index is 13.4. The van der Waals surface area contributed by atoms with E-state index in [0.717, 1.165) is 11.3 Å². The van der Waals surface area contributed by atoms with Crippen LogP contribution in [0.4, 0.5) is 5.69 Å². The van der Waals surface area contributed by atoms with Crippen LogP contribution in [0.1, 0.15) is 36.5 Å². The molecule has 0 aromatic heterocycles. The number of nitrogens with zero attached hydrogens (tertiary/aromatic N) is 1. The van der Waals surface area contributed by atoms with Gasteiger partial charge in [-0.25, -0.2) is 0 Å². The Morgan fingerprint density at radius 2 is 1.56 bits per heavy atom. The van der Waals surface area contributed by atoms with Gasteiger partial charge in [-0.3, -0.25) is 14.5 Å². The van der Waals surface area contributed by atoms with Gasteiger partial charge in [0.05, 0.1) is 17.1 Å². The average molecular weight is 465 g/mol. The minimum Gasteiger partial charge on any atom is -0.350 e. The lowest BCUT2D eigenvalue weighted by atomic mass is 10.0. The van der Waals surface area contributed by atoms with Crippen molar-refractivity contribution in [2.45, 2.75) is 26.3 Å². The first-order chi connectivity index (χ1) is 15.3.